The highest BCUT2D eigenvalue weighted by Gasteiger charge is 2.39. The zero-order chi connectivity index (χ0) is 16.9. The van der Waals surface area contributed by atoms with E-state index in [-0.39, 0.29) is 12.0 Å². The molecule has 1 saturated carbocycles. The van der Waals surface area contributed by atoms with Crippen molar-refractivity contribution in [3.8, 4) is 0 Å². The molecule has 0 aliphatic heterocycles. The number of rotatable bonds is 8. The summed E-state index contributed by atoms with van der Waals surface area (Å²) < 4.78 is 10.6. The first kappa shape index (κ1) is 16.6. The molecule has 6 heteroatoms. The first-order valence-corrected chi connectivity index (χ1v) is 8.43. The molecule has 1 aromatic heterocycles. The lowest BCUT2D eigenvalue weighted by Crippen LogP contribution is -2.44. The van der Waals surface area contributed by atoms with E-state index < -0.39 is 0 Å². The largest absolute Gasteiger partial charge is 0.465 e. The van der Waals surface area contributed by atoms with Crippen LogP contribution in [0.3, 0.4) is 0 Å². The molecule has 1 aliphatic carbocycles. The van der Waals surface area contributed by atoms with Gasteiger partial charge in [-0.1, -0.05) is 35.5 Å². The summed E-state index contributed by atoms with van der Waals surface area (Å²) in [4.78, 5) is 19.0. The Morgan fingerprint density at radius 1 is 1.38 bits per heavy atom. The van der Waals surface area contributed by atoms with Crippen molar-refractivity contribution >= 4 is 5.97 Å². The maximum Gasteiger partial charge on any atom is 0.323 e. The number of nitrogens with zero attached hydrogens (tertiary/aromatic N) is 3. The minimum Gasteiger partial charge on any atom is -0.465 e. The molecule has 2 aromatic rings. The van der Waals surface area contributed by atoms with Crippen molar-refractivity contribution < 1.29 is 14.1 Å². The number of carbonyl (C=O) groups excluding carboxylic acids is 1. The fourth-order valence-electron chi connectivity index (χ4n) is 2.87. The molecule has 0 N–H and O–H groups in total. The number of carbonyl (C=O) groups is 1. The van der Waals surface area contributed by atoms with Crippen molar-refractivity contribution in [2.24, 2.45) is 0 Å². The normalized spacial score (nSPS) is 15.5. The maximum atomic E-state index is 12.6. The Balaban J connectivity index is 1.81. The molecule has 1 aliphatic rings. The van der Waals surface area contributed by atoms with Gasteiger partial charge < -0.3 is 9.26 Å². The standard InChI is InChI=1S/C18H23N3O3/c1-3-23-18(22)16(11-14-7-5-4-6-8-14)21(15-9-10-15)12-17-19-13(2)20-24-17/h4-8,15-16H,3,9-12H2,1-2H3. The zero-order valence-corrected chi connectivity index (χ0v) is 14.1. The number of aryl methyl sites for hydroxylation is 1. The number of hydrogen-bond donors (Lipinski definition) is 0. The molecule has 0 saturated heterocycles. The first-order valence-electron chi connectivity index (χ1n) is 8.43. The average molecular weight is 329 g/mol. The highest BCUT2D eigenvalue weighted by Crippen LogP contribution is 2.31. The minimum atomic E-state index is -0.341. The van der Waals surface area contributed by atoms with Gasteiger partial charge in [0.15, 0.2) is 5.82 Å². The quantitative estimate of drug-likeness (QED) is 0.693. The Morgan fingerprint density at radius 3 is 2.71 bits per heavy atom. The van der Waals surface area contributed by atoms with Crippen LogP contribution in [0.4, 0.5) is 0 Å². The van der Waals surface area contributed by atoms with E-state index in [1.54, 1.807) is 6.92 Å². The predicted molar refractivity (Wildman–Crippen MR) is 88.2 cm³/mol. The number of ether oxygens (including phenoxy) is 1. The van der Waals surface area contributed by atoms with Crippen LogP contribution in [0, 0.1) is 6.92 Å². The van der Waals surface area contributed by atoms with E-state index in [2.05, 4.69) is 15.0 Å². The number of aromatic nitrogens is 2. The highest BCUT2D eigenvalue weighted by molar-refractivity contribution is 5.76. The van der Waals surface area contributed by atoms with Gasteiger partial charge in [-0.3, -0.25) is 9.69 Å². The Bertz CT molecular complexity index is 667. The molecule has 1 aromatic carbocycles. The smallest absolute Gasteiger partial charge is 0.323 e. The summed E-state index contributed by atoms with van der Waals surface area (Å²) in [6.07, 6.45) is 2.78. The lowest BCUT2D eigenvalue weighted by Gasteiger charge is -2.29. The van der Waals surface area contributed by atoms with Crippen molar-refractivity contribution in [2.45, 2.75) is 51.7 Å². The summed E-state index contributed by atoms with van der Waals surface area (Å²) in [5, 5.41) is 3.84. The maximum absolute atomic E-state index is 12.6. The molecular formula is C18H23N3O3. The van der Waals surface area contributed by atoms with Crippen molar-refractivity contribution in [1.29, 1.82) is 0 Å². The van der Waals surface area contributed by atoms with E-state index >= 15 is 0 Å². The van der Waals surface area contributed by atoms with E-state index in [1.807, 2.05) is 37.3 Å². The van der Waals surface area contributed by atoms with Crippen LogP contribution in [0.1, 0.15) is 37.0 Å². The highest BCUT2D eigenvalue weighted by atomic mass is 16.5. The molecule has 6 nitrogen and oxygen atoms in total. The lowest BCUT2D eigenvalue weighted by molar-refractivity contribution is -0.150. The summed E-state index contributed by atoms with van der Waals surface area (Å²) in [6.45, 7) is 4.48. The first-order chi connectivity index (χ1) is 11.7. The van der Waals surface area contributed by atoms with Gasteiger partial charge in [-0.05, 0) is 38.7 Å². The Labute approximate surface area is 141 Å². The molecule has 3 rings (SSSR count). The predicted octanol–water partition coefficient (Wildman–Crippen LogP) is 2.52. The summed E-state index contributed by atoms with van der Waals surface area (Å²) in [5.41, 5.74) is 1.11. The van der Waals surface area contributed by atoms with Crippen LogP contribution in [-0.2, 0) is 22.5 Å². The molecule has 24 heavy (non-hydrogen) atoms. The minimum absolute atomic E-state index is 0.190. The number of benzene rings is 1. The van der Waals surface area contributed by atoms with E-state index in [0.717, 1.165) is 18.4 Å². The molecule has 0 amide bonds. The van der Waals surface area contributed by atoms with E-state index in [1.165, 1.54) is 0 Å². The second-order valence-electron chi connectivity index (χ2n) is 6.10. The second-order valence-corrected chi connectivity index (χ2v) is 6.10. The van der Waals surface area contributed by atoms with Crippen LogP contribution < -0.4 is 0 Å². The third-order valence-electron chi connectivity index (χ3n) is 4.13. The molecule has 1 atom stereocenters. The molecule has 0 spiro atoms. The zero-order valence-electron chi connectivity index (χ0n) is 14.1. The van der Waals surface area contributed by atoms with Crippen molar-refractivity contribution in [3.05, 3.63) is 47.6 Å². The second kappa shape index (κ2) is 7.57. The van der Waals surface area contributed by atoms with Gasteiger partial charge in [0.05, 0.1) is 13.2 Å². The van der Waals surface area contributed by atoms with Gasteiger partial charge >= 0.3 is 5.97 Å². The summed E-state index contributed by atoms with van der Waals surface area (Å²) >= 11 is 0. The summed E-state index contributed by atoms with van der Waals surface area (Å²) in [6, 6.07) is 10.0. The fraction of sp³-hybridized carbons (Fsp3) is 0.500. The average Bonchev–Trinajstić information content (AvgIpc) is 3.34. The number of esters is 1. The fourth-order valence-corrected chi connectivity index (χ4v) is 2.87. The molecular weight excluding hydrogens is 306 g/mol. The van der Waals surface area contributed by atoms with Gasteiger partial charge in [0.1, 0.15) is 6.04 Å². The van der Waals surface area contributed by atoms with Gasteiger partial charge in [0.25, 0.3) is 0 Å². The lowest BCUT2D eigenvalue weighted by atomic mass is 10.0. The van der Waals surface area contributed by atoms with Crippen LogP contribution in [-0.4, -0.2) is 39.7 Å². The van der Waals surface area contributed by atoms with Crippen molar-refractivity contribution in [3.63, 3.8) is 0 Å². The Hall–Kier alpha value is -2.21. The van der Waals surface area contributed by atoms with Crippen LogP contribution in [0.5, 0.6) is 0 Å². The monoisotopic (exact) mass is 329 g/mol. The van der Waals surface area contributed by atoms with Gasteiger partial charge in [0.2, 0.25) is 5.89 Å². The van der Waals surface area contributed by atoms with Gasteiger partial charge in [-0.15, -0.1) is 0 Å². The van der Waals surface area contributed by atoms with Gasteiger partial charge in [-0.25, -0.2) is 0 Å². The Kier molecular flexibility index (Phi) is 5.25. The SMILES string of the molecule is CCOC(=O)C(Cc1ccccc1)N(Cc1nc(C)no1)C1CC1. The van der Waals surface area contributed by atoms with E-state index in [0.29, 0.717) is 37.3 Å². The molecule has 0 radical (unpaired) electrons. The molecule has 1 heterocycles. The van der Waals surface area contributed by atoms with Crippen LogP contribution in [0.25, 0.3) is 0 Å². The summed E-state index contributed by atoms with van der Waals surface area (Å²) in [5.74, 6) is 0.961. The van der Waals surface area contributed by atoms with Crippen LogP contribution in [0.15, 0.2) is 34.9 Å². The molecule has 128 valence electrons. The van der Waals surface area contributed by atoms with Crippen molar-refractivity contribution in [2.75, 3.05) is 6.61 Å². The summed E-state index contributed by atoms with van der Waals surface area (Å²) in [7, 11) is 0. The van der Waals surface area contributed by atoms with Crippen molar-refractivity contribution in [1.82, 2.24) is 15.0 Å². The number of hydrogen-bond acceptors (Lipinski definition) is 6. The molecule has 0 bridgehead atoms. The Morgan fingerprint density at radius 2 is 2.12 bits per heavy atom. The van der Waals surface area contributed by atoms with Crippen LogP contribution in [0.2, 0.25) is 0 Å². The van der Waals surface area contributed by atoms with E-state index in [9.17, 15) is 4.79 Å². The third-order valence-corrected chi connectivity index (χ3v) is 4.13. The molecule has 1 unspecified atom stereocenters. The topological polar surface area (TPSA) is 68.5 Å². The van der Waals surface area contributed by atoms with Gasteiger partial charge in [-0.2, -0.15) is 4.98 Å². The molecule has 1 fully saturated rings. The van der Waals surface area contributed by atoms with Gasteiger partial charge in [0, 0.05) is 6.04 Å². The van der Waals surface area contributed by atoms with E-state index in [4.69, 9.17) is 9.26 Å². The van der Waals surface area contributed by atoms with Crippen LogP contribution >= 0.6 is 0 Å². The third kappa shape index (κ3) is 4.20.